The molecule has 0 fully saturated rings. The second kappa shape index (κ2) is 3.22. The highest BCUT2D eigenvalue weighted by molar-refractivity contribution is 6.33. The van der Waals surface area contributed by atoms with Crippen LogP contribution in [0, 0.1) is 24.0 Å². The van der Waals surface area contributed by atoms with Crippen LogP contribution in [0.25, 0.3) is 0 Å². The van der Waals surface area contributed by atoms with Crippen molar-refractivity contribution >= 4 is 17.3 Å². The van der Waals surface area contributed by atoms with E-state index in [1.54, 1.807) is 6.92 Å². The van der Waals surface area contributed by atoms with Gasteiger partial charge in [-0.3, -0.25) is 10.1 Å². The monoisotopic (exact) mass is 201 g/mol. The van der Waals surface area contributed by atoms with Crippen molar-refractivity contribution in [3.63, 3.8) is 0 Å². The van der Waals surface area contributed by atoms with Crippen LogP contribution in [0.5, 0.6) is 5.75 Å². The fourth-order valence-electron chi connectivity index (χ4n) is 1.07. The van der Waals surface area contributed by atoms with E-state index in [1.807, 2.05) is 0 Å². The molecule has 0 bridgehead atoms. The highest BCUT2D eigenvalue weighted by Crippen LogP contribution is 2.36. The van der Waals surface area contributed by atoms with Gasteiger partial charge in [0.15, 0.2) is 0 Å². The largest absolute Gasteiger partial charge is 0.507 e. The predicted octanol–water partition coefficient (Wildman–Crippen LogP) is 2.57. The molecule has 1 rings (SSSR count). The minimum absolute atomic E-state index is 0.0836. The molecule has 1 aromatic carbocycles. The van der Waals surface area contributed by atoms with Gasteiger partial charge in [0.05, 0.1) is 10.5 Å². The summed E-state index contributed by atoms with van der Waals surface area (Å²) in [5.41, 5.74) is 0.469. The van der Waals surface area contributed by atoms with E-state index in [2.05, 4.69) is 0 Å². The number of halogens is 1. The van der Waals surface area contributed by atoms with Crippen molar-refractivity contribution in [2.24, 2.45) is 0 Å². The topological polar surface area (TPSA) is 63.4 Å². The Hall–Kier alpha value is -1.29. The van der Waals surface area contributed by atoms with Gasteiger partial charge < -0.3 is 5.11 Å². The minimum Gasteiger partial charge on any atom is -0.507 e. The maximum atomic E-state index is 10.6. The first-order valence-electron chi connectivity index (χ1n) is 3.58. The van der Waals surface area contributed by atoms with Gasteiger partial charge in [-0.15, -0.1) is 0 Å². The zero-order chi connectivity index (χ0) is 10.2. The molecule has 0 aliphatic rings. The molecule has 4 nitrogen and oxygen atoms in total. The Morgan fingerprint density at radius 2 is 2.08 bits per heavy atom. The summed E-state index contributed by atoms with van der Waals surface area (Å²) in [6, 6.07) is 1.41. The van der Waals surface area contributed by atoms with E-state index in [-0.39, 0.29) is 22.0 Å². The van der Waals surface area contributed by atoms with Crippen LogP contribution >= 0.6 is 11.6 Å². The highest BCUT2D eigenvalue weighted by atomic mass is 35.5. The molecule has 0 spiro atoms. The SMILES string of the molecule is Cc1cc(O)c(C)c([N+](=O)[O-])c1Cl. The molecule has 1 N–H and O–H groups in total. The number of rotatable bonds is 1. The maximum Gasteiger partial charge on any atom is 0.294 e. The smallest absolute Gasteiger partial charge is 0.294 e. The molecule has 0 amide bonds. The average Bonchev–Trinajstić information content (AvgIpc) is 2.01. The van der Waals surface area contributed by atoms with Gasteiger partial charge in [0.2, 0.25) is 0 Å². The van der Waals surface area contributed by atoms with E-state index in [4.69, 9.17) is 11.6 Å². The van der Waals surface area contributed by atoms with Crippen molar-refractivity contribution in [2.75, 3.05) is 0 Å². The lowest BCUT2D eigenvalue weighted by molar-refractivity contribution is -0.385. The van der Waals surface area contributed by atoms with Crippen LogP contribution in [0.1, 0.15) is 11.1 Å². The number of phenols is 1. The van der Waals surface area contributed by atoms with Crippen molar-refractivity contribution in [3.05, 3.63) is 32.3 Å². The minimum atomic E-state index is -0.593. The Morgan fingerprint density at radius 3 is 2.54 bits per heavy atom. The van der Waals surface area contributed by atoms with Gasteiger partial charge in [-0.25, -0.2) is 0 Å². The maximum absolute atomic E-state index is 10.6. The number of phenolic OH excluding ortho intramolecular Hbond substituents is 1. The number of aryl methyl sites for hydroxylation is 1. The molecular weight excluding hydrogens is 194 g/mol. The molecule has 0 heterocycles. The third kappa shape index (κ3) is 1.58. The quantitative estimate of drug-likeness (QED) is 0.561. The molecule has 0 aliphatic carbocycles. The zero-order valence-corrected chi connectivity index (χ0v) is 7.92. The first kappa shape index (κ1) is 9.80. The Kier molecular flexibility index (Phi) is 2.43. The normalized spacial score (nSPS) is 10.1. The third-order valence-electron chi connectivity index (χ3n) is 1.83. The lowest BCUT2D eigenvalue weighted by Gasteiger charge is -2.04. The van der Waals surface area contributed by atoms with E-state index < -0.39 is 4.92 Å². The Morgan fingerprint density at radius 1 is 1.54 bits per heavy atom. The number of nitro groups is 1. The third-order valence-corrected chi connectivity index (χ3v) is 2.31. The van der Waals surface area contributed by atoms with E-state index in [0.717, 1.165) is 0 Å². The van der Waals surface area contributed by atoms with E-state index >= 15 is 0 Å². The summed E-state index contributed by atoms with van der Waals surface area (Å²) < 4.78 is 0. The summed E-state index contributed by atoms with van der Waals surface area (Å²) in [4.78, 5) is 9.96. The fourth-order valence-corrected chi connectivity index (χ4v) is 1.33. The summed E-state index contributed by atoms with van der Waals surface area (Å²) in [6.07, 6.45) is 0. The van der Waals surface area contributed by atoms with Crippen LogP contribution in [0.2, 0.25) is 5.02 Å². The first-order valence-corrected chi connectivity index (χ1v) is 3.96. The van der Waals surface area contributed by atoms with Gasteiger partial charge in [-0.05, 0) is 25.5 Å². The van der Waals surface area contributed by atoms with E-state index in [0.29, 0.717) is 5.56 Å². The zero-order valence-electron chi connectivity index (χ0n) is 7.17. The van der Waals surface area contributed by atoms with Crippen LogP contribution < -0.4 is 0 Å². The number of hydrogen-bond acceptors (Lipinski definition) is 3. The van der Waals surface area contributed by atoms with Crippen LogP contribution in [-0.2, 0) is 0 Å². The predicted molar refractivity (Wildman–Crippen MR) is 49.2 cm³/mol. The average molecular weight is 202 g/mol. The molecule has 0 radical (unpaired) electrons. The van der Waals surface area contributed by atoms with Crippen molar-refractivity contribution in [2.45, 2.75) is 13.8 Å². The molecule has 0 saturated heterocycles. The molecule has 13 heavy (non-hydrogen) atoms. The van der Waals surface area contributed by atoms with Gasteiger partial charge in [0, 0.05) is 0 Å². The molecule has 5 heteroatoms. The van der Waals surface area contributed by atoms with Crippen molar-refractivity contribution in [1.82, 2.24) is 0 Å². The van der Waals surface area contributed by atoms with Crippen molar-refractivity contribution in [3.8, 4) is 5.75 Å². The van der Waals surface area contributed by atoms with Crippen LogP contribution in [0.4, 0.5) is 5.69 Å². The van der Waals surface area contributed by atoms with Gasteiger partial charge in [0.25, 0.3) is 5.69 Å². The standard InChI is InChI=1S/C8H8ClNO3/c1-4-3-6(11)5(2)8(7(4)9)10(12)13/h3,11H,1-2H3. The number of benzene rings is 1. The van der Waals surface area contributed by atoms with Gasteiger partial charge in [-0.2, -0.15) is 0 Å². The molecular formula is C8H8ClNO3. The number of hydrogen-bond donors (Lipinski definition) is 1. The number of nitrogens with zero attached hydrogens (tertiary/aromatic N) is 1. The van der Waals surface area contributed by atoms with Crippen LogP contribution in [0.3, 0.4) is 0 Å². The Bertz CT molecular complexity index is 350. The van der Waals surface area contributed by atoms with Gasteiger partial charge in [-0.1, -0.05) is 11.6 Å². The summed E-state index contributed by atoms with van der Waals surface area (Å²) in [5.74, 6) is -0.103. The second-order valence-electron chi connectivity index (χ2n) is 2.76. The highest BCUT2D eigenvalue weighted by Gasteiger charge is 2.20. The summed E-state index contributed by atoms with van der Waals surface area (Å²) >= 11 is 5.71. The van der Waals surface area contributed by atoms with Crippen molar-refractivity contribution in [1.29, 1.82) is 0 Å². The lowest BCUT2D eigenvalue weighted by atomic mass is 10.1. The van der Waals surface area contributed by atoms with Crippen molar-refractivity contribution < 1.29 is 10.0 Å². The van der Waals surface area contributed by atoms with E-state index in [1.165, 1.54) is 13.0 Å². The first-order chi connectivity index (χ1) is 5.95. The molecule has 70 valence electrons. The Labute approximate surface area is 79.9 Å². The van der Waals surface area contributed by atoms with E-state index in [9.17, 15) is 15.2 Å². The molecule has 0 saturated carbocycles. The van der Waals surface area contributed by atoms with Crippen LogP contribution in [-0.4, -0.2) is 10.0 Å². The van der Waals surface area contributed by atoms with Crippen LogP contribution in [0.15, 0.2) is 6.07 Å². The Balaban J connectivity index is 3.56. The number of aromatic hydroxyl groups is 1. The summed E-state index contributed by atoms with van der Waals surface area (Å²) in [5, 5.41) is 19.9. The molecule has 1 aromatic rings. The molecule has 0 unspecified atom stereocenters. The summed E-state index contributed by atoms with van der Waals surface area (Å²) in [7, 11) is 0. The fraction of sp³-hybridized carbons (Fsp3) is 0.250. The number of nitro benzene ring substituents is 1. The lowest BCUT2D eigenvalue weighted by Crippen LogP contribution is -1.94. The van der Waals surface area contributed by atoms with Gasteiger partial charge >= 0.3 is 0 Å². The molecule has 0 aromatic heterocycles. The summed E-state index contributed by atoms with van der Waals surface area (Å²) in [6.45, 7) is 3.06. The second-order valence-corrected chi connectivity index (χ2v) is 3.14. The molecule has 0 atom stereocenters. The van der Waals surface area contributed by atoms with Gasteiger partial charge in [0.1, 0.15) is 10.8 Å². The molecule has 0 aliphatic heterocycles.